The monoisotopic (exact) mass is 725 g/mol. The molecule has 1 aromatic heterocycles. The standard InChI is InChI=1S/C43H56FN5O4/c1-9-13-15-19-43(8,18-14-10-2)25-53-42-46-36-22-33(32-21-29(50)20-28(30(32)11-3)17-16-27(7)44)38(45-26(5)6)31(12-4)37(36)39(47-42)49-23-34-35(24-49)41(52)48-40(34)51/h12,16-17,20-22,26,34-35,50H,7,9-11,13-15,18-19,23-25H2,1-6,8H3,(H,48,51,52)/b17-16-,31-12-,45-38?. The maximum Gasteiger partial charge on any atom is 0.318 e. The molecule has 10 heteroatoms. The van der Waals surface area contributed by atoms with Crippen LogP contribution in [0.1, 0.15) is 121 Å². The van der Waals surface area contributed by atoms with Gasteiger partial charge in [0.25, 0.3) is 0 Å². The van der Waals surface area contributed by atoms with Crippen molar-refractivity contribution in [2.45, 2.75) is 106 Å². The number of nitrogens with zero attached hydrogens (tertiary/aromatic N) is 4. The van der Waals surface area contributed by atoms with Crippen LogP contribution in [0.3, 0.4) is 0 Å². The van der Waals surface area contributed by atoms with Crippen LogP contribution in [0.2, 0.25) is 0 Å². The molecule has 0 radical (unpaired) electrons. The highest BCUT2D eigenvalue weighted by Gasteiger charge is 2.49. The molecular formula is C43H56FN5O4. The van der Waals surface area contributed by atoms with Gasteiger partial charge in [-0.15, -0.1) is 0 Å². The zero-order chi connectivity index (χ0) is 38.4. The predicted octanol–water partition coefficient (Wildman–Crippen LogP) is 8.91. The lowest BCUT2D eigenvalue weighted by Gasteiger charge is -2.31. The van der Waals surface area contributed by atoms with Crippen molar-refractivity contribution in [2.24, 2.45) is 22.2 Å². The van der Waals surface area contributed by atoms with Gasteiger partial charge in [0.2, 0.25) is 11.8 Å². The van der Waals surface area contributed by atoms with Crippen molar-refractivity contribution in [3.8, 4) is 11.8 Å². The van der Waals surface area contributed by atoms with Gasteiger partial charge in [0, 0.05) is 35.7 Å². The number of ether oxygens (including phenoxy) is 1. The van der Waals surface area contributed by atoms with Gasteiger partial charge in [0.05, 0.1) is 35.4 Å². The van der Waals surface area contributed by atoms with E-state index in [-0.39, 0.29) is 35.0 Å². The maximum absolute atomic E-state index is 13.8. The highest BCUT2D eigenvalue weighted by Crippen LogP contribution is 2.45. The Kier molecular flexibility index (Phi) is 12.7. The summed E-state index contributed by atoms with van der Waals surface area (Å²) < 4.78 is 20.4. The number of allylic oxidation sites excluding steroid dienone is 5. The number of carbonyl (C=O) groups excluding carboxylic acids is 2. The van der Waals surface area contributed by atoms with Crippen LogP contribution in [0.15, 0.2) is 41.7 Å². The van der Waals surface area contributed by atoms with Gasteiger partial charge in [-0.3, -0.25) is 19.9 Å². The van der Waals surface area contributed by atoms with E-state index in [1.807, 2.05) is 44.7 Å². The Morgan fingerprint density at radius 1 is 1.11 bits per heavy atom. The molecular weight excluding hydrogens is 670 g/mol. The molecule has 2 N–H and O–H groups in total. The van der Waals surface area contributed by atoms with Gasteiger partial charge < -0.3 is 14.7 Å². The van der Waals surface area contributed by atoms with Crippen LogP contribution >= 0.6 is 0 Å². The van der Waals surface area contributed by atoms with Crippen LogP contribution in [0, 0.1) is 17.3 Å². The van der Waals surface area contributed by atoms with Crippen molar-refractivity contribution in [3.63, 3.8) is 0 Å². The molecule has 0 spiro atoms. The average molecular weight is 726 g/mol. The zero-order valence-electron chi connectivity index (χ0n) is 32.5. The number of amides is 2. The molecule has 2 amide bonds. The molecule has 3 atom stereocenters. The van der Waals surface area contributed by atoms with Crippen molar-refractivity contribution in [1.29, 1.82) is 0 Å². The summed E-state index contributed by atoms with van der Waals surface area (Å²) in [6.45, 7) is 19.2. The Labute approximate surface area is 314 Å². The largest absolute Gasteiger partial charge is 0.508 e. The van der Waals surface area contributed by atoms with Crippen LogP contribution < -0.4 is 15.0 Å². The smallest absolute Gasteiger partial charge is 0.318 e. The highest BCUT2D eigenvalue weighted by molar-refractivity contribution is 6.49. The predicted molar refractivity (Wildman–Crippen MR) is 213 cm³/mol. The molecule has 3 aliphatic rings. The summed E-state index contributed by atoms with van der Waals surface area (Å²) in [7, 11) is 0. The average Bonchev–Trinajstić information content (AvgIpc) is 3.68. The van der Waals surface area contributed by atoms with E-state index in [2.05, 4.69) is 32.7 Å². The Bertz CT molecular complexity index is 1840. The Morgan fingerprint density at radius 2 is 1.79 bits per heavy atom. The van der Waals surface area contributed by atoms with E-state index in [1.54, 1.807) is 18.2 Å². The van der Waals surface area contributed by atoms with E-state index in [4.69, 9.17) is 19.7 Å². The Balaban J connectivity index is 1.72. The van der Waals surface area contributed by atoms with Gasteiger partial charge in [-0.05, 0) is 81.0 Å². The number of nitrogens with one attached hydrogen (secondary N) is 1. The summed E-state index contributed by atoms with van der Waals surface area (Å²) in [6, 6.07) is 3.49. The lowest BCUT2D eigenvalue weighted by Crippen LogP contribution is -2.33. The van der Waals surface area contributed by atoms with Gasteiger partial charge in [0.15, 0.2) is 0 Å². The number of aromatic hydroxyl groups is 1. The third-order valence-corrected chi connectivity index (χ3v) is 10.6. The zero-order valence-corrected chi connectivity index (χ0v) is 32.5. The summed E-state index contributed by atoms with van der Waals surface area (Å²) in [5.41, 5.74) is 5.90. The molecule has 2 fully saturated rings. The fourth-order valence-electron chi connectivity index (χ4n) is 7.82. The molecule has 0 bridgehead atoms. The van der Waals surface area contributed by atoms with Crippen molar-refractivity contribution >= 4 is 46.6 Å². The summed E-state index contributed by atoms with van der Waals surface area (Å²) in [5.74, 6) is -1.40. The van der Waals surface area contributed by atoms with Crippen LogP contribution in [-0.2, 0) is 16.0 Å². The number of imide groups is 1. The third kappa shape index (κ3) is 8.79. The number of fused-ring (bicyclic) bond motifs is 2. The molecule has 2 aromatic rings. The van der Waals surface area contributed by atoms with Crippen LogP contribution in [0.5, 0.6) is 11.8 Å². The molecule has 3 heterocycles. The second-order valence-corrected chi connectivity index (χ2v) is 15.2. The van der Waals surface area contributed by atoms with E-state index in [9.17, 15) is 19.1 Å². The molecule has 284 valence electrons. The topological polar surface area (TPSA) is 117 Å². The van der Waals surface area contributed by atoms with E-state index in [1.165, 1.54) is 12.5 Å². The Hall–Kier alpha value is -4.60. The molecule has 2 saturated heterocycles. The van der Waals surface area contributed by atoms with Gasteiger partial charge in [-0.25, -0.2) is 4.39 Å². The third-order valence-electron chi connectivity index (χ3n) is 10.6. The van der Waals surface area contributed by atoms with E-state index < -0.39 is 17.7 Å². The maximum atomic E-state index is 13.8. The fourth-order valence-corrected chi connectivity index (χ4v) is 7.82. The first-order valence-electron chi connectivity index (χ1n) is 19.3. The summed E-state index contributed by atoms with van der Waals surface area (Å²) >= 11 is 0. The van der Waals surface area contributed by atoms with Gasteiger partial charge in [-0.1, -0.05) is 78.5 Å². The number of phenols is 1. The fraction of sp³-hybridized carbons (Fsp3) is 0.512. The number of aliphatic imine (C=N–C) groups is 1. The first kappa shape index (κ1) is 39.6. The number of benzene rings is 1. The van der Waals surface area contributed by atoms with Crippen molar-refractivity contribution in [2.75, 3.05) is 24.6 Å². The summed E-state index contributed by atoms with van der Waals surface area (Å²) in [5, 5.41) is 13.5. The number of rotatable bonds is 16. The van der Waals surface area contributed by atoms with Crippen molar-refractivity contribution < 1.29 is 23.8 Å². The van der Waals surface area contributed by atoms with Crippen LogP contribution in [0.4, 0.5) is 10.2 Å². The van der Waals surface area contributed by atoms with E-state index in [0.29, 0.717) is 48.9 Å². The SMILES string of the molecule is C=C(F)/C=C\c1cc(O)cc(C2=Cc3nc(OCC(C)(CCCC)CCCCC)nc(N4CC5C(=O)NC(=O)C5C4)c3/C(=C/C)C2=NC(C)C)c1CC. The van der Waals surface area contributed by atoms with Crippen LogP contribution in [-0.4, -0.2) is 58.3 Å². The lowest BCUT2D eigenvalue weighted by molar-refractivity contribution is -0.126. The lowest BCUT2D eigenvalue weighted by atomic mass is 9.81. The molecule has 5 rings (SSSR count). The first-order chi connectivity index (χ1) is 25.3. The number of unbranched alkanes of at least 4 members (excludes halogenated alkanes) is 3. The van der Waals surface area contributed by atoms with Gasteiger partial charge in [0.1, 0.15) is 17.4 Å². The molecule has 2 aliphatic heterocycles. The van der Waals surface area contributed by atoms with E-state index >= 15 is 0 Å². The number of halogens is 1. The number of phenolic OH excluding ortho intramolecular Hbond substituents is 1. The quantitative estimate of drug-likeness (QED) is 0.101. The molecule has 0 saturated carbocycles. The summed E-state index contributed by atoms with van der Waals surface area (Å²) in [6.07, 6.45) is 15.2. The second-order valence-electron chi connectivity index (χ2n) is 15.2. The van der Waals surface area contributed by atoms with E-state index in [0.717, 1.165) is 66.4 Å². The minimum atomic E-state index is -0.584. The normalized spacial score (nSPS) is 21.0. The van der Waals surface area contributed by atoms with Gasteiger partial charge in [-0.2, -0.15) is 9.97 Å². The van der Waals surface area contributed by atoms with Crippen molar-refractivity contribution in [1.82, 2.24) is 15.3 Å². The second kappa shape index (κ2) is 17.0. The van der Waals surface area contributed by atoms with Crippen LogP contribution in [0.25, 0.3) is 23.3 Å². The number of hydrogen-bond donors (Lipinski definition) is 2. The minimum Gasteiger partial charge on any atom is -0.508 e. The molecule has 3 unspecified atom stereocenters. The van der Waals surface area contributed by atoms with Crippen molar-refractivity contribution in [3.05, 3.63) is 64.6 Å². The molecule has 1 aliphatic carbocycles. The number of carbonyl (C=O) groups is 2. The minimum absolute atomic E-state index is 0.0346. The Morgan fingerprint density at radius 3 is 2.40 bits per heavy atom. The summed E-state index contributed by atoms with van der Waals surface area (Å²) in [4.78, 5) is 42.9. The first-order valence-corrected chi connectivity index (χ1v) is 19.3. The highest BCUT2D eigenvalue weighted by atomic mass is 19.1. The molecule has 1 aromatic carbocycles. The number of aromatic nitrogens is 2. The van der Waals surface area contributed by atoms with Gasteiger partial charge >= 0.3 is 6.01 Å². The number of anilines is 1. The number of hydrogen-bond acceptors (Lipinski definition) is 8. The molecule has 53 heavy (non-hydrogen) atoms. The molecule has 9 nitrogen and oxygen atoms in total.